The Bertz CT molecular complexity index is 865. The first-order chi connectivity index (χ1) is 11.8. The maximum Gasteiger partial charge on any atom is 0.257 e. The first-order valence-corrected chi connectivity index (χ1v) is 10.2. The zero-order valence-electron chi connectivity index (χ0n) is 14.1. The van der Waals surface area contributed by atoms with Gasteiger partial charge in [0.2, 0.25) is 15.2 Å². The molecule has 7 nitrogen and oxygen atoms in total. The summed E-state index contributed by atoms with van der Waals surface area (Å²) in [5, 5.41) is 11.9. The van der Waals surface area contributed by atoms with Gasteiger partial charge < -0.3 is 0 Å². The van der Waals surface area contributed by atoms with Crippen LogP contribution in [0.15, 0.2) is 23.1 Å². The number of aryl methyl sites for hydroxylation is 1. The highest BCUT2D eigenvalue weighted by Crippen LogP contribution is 2.25. The third kappa shape index (κ3) is 4.75. The summed E-state index contributed by atoms with van der Waals surface area (Å²) in [6.45, 7) is 2.09. The van der Waals surface area contributed by atoms with E-state index in [1.54, 1.807) is 0 Å². The van der Waals surface area contributed by atoms with Crippen LogP contribution in [-0.4, -0.2) is 42.9 Å². The molecule has 0 aliphatic rings. The van der Waals surface area contributed by atoms with E-state index in [1.165, 1.54) is 43.6 Å². The van der Waals surface area contributed by atoms with Crippen molar-refractivity contribution in [3.8, 4) is 0 Å². The Kier molecular flexibility index (Phi) is 6.50. The first-order valence-electron chi connectivity index (χ1n) is 7.61. The zero-order valence-corrected chi connectivity index (χ0v) is 16.5. The van der Waals surface area contributed by atoms with Crippen LogP contribution in [-0.2, 0) is 16.4 Å². The van der Waals surface area contributed by atoms with Crippen molar-refractivity contribution in [2.45, 2.75) is 31.1 Å². The van der Waals surface area contributed by atoms with Crippen molar-refractivity contribution >= 4 is 44.0 Å². The monoisotopic (exact) mass is 402 g/mol. The van der Waals surface area contributed by atoms with Crippen molar-refractivity contribution in [3.63, 3.8) is 0 Å². The van der Waals surface area contributed by atoms with Gasteiger partial charge in [0.15, 0.2) is 0 Å². The van der Waals surface area contributed by atoms with E-state index in [4.69, 9.17) is 11.6 Å². The number of carbonyl (C=O) groups is 1. The molecule has 0 aliphatic carbocycles. The number of anilines is 1. The molecular formula is C15H19ClN4O3S2. The normalized spacial score (nSPS) is 11.7. The molecule has 1 N–H and O–H groups in total. The zero-order chi connectivity index (χ0) is 18.6. The smallest absolute Gasteiger partial charge is 0.257 e. The Balaban J connectivity index is 2.21. The molecule has 0 bridgehead atoms. The highest BCUT2D eigenvalue weighted by Gasteiger charge is 2.22. The average Bonchev–Trinajstić information content (AvgIpc) is 3.00. The van der Waals surface area contributed by atoms with Gasteiger partial charge in [-0.05, 0) is 24.6 Å². The molecule has 0 aliphatic heterocycles. The number of nitrogens with zero attached hydrogens (tertiary/aromatic N) is 3. The van der Waals surface area contributed by atoms with E-state index in [0.717, 1.165) is 28.6 Å². The van der Waals surface area contributed by atoms with Crippen LogP contribution >= 0.6 is 22.9 Å². The largest absolute Gasteiger partial charge is 0.296 e. The Morgan fingerprint density at radius 1 is 1.32 bits per heavy atom. The Hall–Kier alpha value is -1.55. The number of hydrogen-bond donors (Lipinski definition) is 1. The molecule has 2 rings (SSSR count). The number of carbonyl (C=O) groups excluding carboxylic acids is 1. The molecule has 0 saturated heterocycles. The lowest BCUT2D eigenvalue weighted by atomic mass is 10.2. The molecule has 25 heavy (non-hydrogen) atoms. The molecule has 0 atom stereocenters. The summed E-state index contributed by atoms with van der Waals surface area (Å²) in [7, 11) is -0.946. The van der Waals surface area contributed by atoms with Crippen molar-refractivity contribution in [2.75, 3.05) is 19.4 Å². The summed E-state index contributed by atoms with van der Waals surface area (Å²) in [6.07, 6.45) is 2.87. The third-order valence-corrected chi connectivity index (χ3v) is 6.58. The topological polar surface area (TPSA) is 92.3 Å². The van der Waals surface area contributed by atoms with Gasteiger partial charge in [-0.25, -0.2) is 12.7 Å². The molecule has 2 aromatic rings. The molecule has 0 spiro atoms. The van der Waals surface area contributed by atoms with E-state index >= 15 is 0 Å². The molecule has 10 heteroatoms. The fourth-order valence-corrected chi connectivity index (χ4v) is 4.11. The van der Waals surface area contributed by atoms with Gasteiger partial charge in [-0.15, -0.1) is 10.2 Å². The van der Waals surface area contributed by atoms with Crippen LogP contribution in [0.2, 0.25) is 5.02 Å². The van der Waals surface area contributed by atoms with Crippen molar-refractivity contribution in [1.82, 2.24) is 14.5 Å². The minimum Gasteiger partial charge on any atom is -0.296 e. The summed E-state index contributed by atoms with van der Waals surface area (Å²) in [4.78, 5) is 12.3. The molecule has 1 amide bonds. The number of nitrogens with one attached hydrogen (secondary N) is 1. The van der Waals surface area contributed by atoms with Gasteiger partial charge in [0.25, 0.3) is 5.91 Å². The van der Waals surface area contributed by atoms with Gasteiger partial charge in [-0.2, -0.15) is 0 Å². The van der Waals surface area contributed by atoms with Crippen molar-refractivity contribution in [1.29, 1.82) is 0 Å². The Labute approximate surface area is 156 Å². The van der Waals surface area contributed by atoms with Gasteiger partial charge in [-0.1, -0.05) is 36.3 Å². The predicted molar refractivity (Wildman–Crippen MR) is 98.8 cm³/mol. The number of amides is 1. The number of aromatic nitrogens is 2. The second kappa shape index (κ2) is 8.22. The second-order valence-corrected chi connectivity index (χ2v) is 9.08. The second-order valence-electron chi connectivity index (χ2n) is 5.49. The summed E-state index contributed by atoms with van der Waals surface area (Å²) >= 11 is 7.29. The van der Waals surface area contributed by atoms with Crippen LogP contribution in [0.5, 0.6) is 0 Å². The molecule has 1 aromatic carbocycles. The van der Waals surface area contributed by atoms with Crippen LogP contribution in [0.25, 0.3) is 0 Å². The summed E-state index contributed by atoms with van der Waals surface area (Å²) in [5.41, 5.74) is 0.176. The fraction of sp³-hybridized carbons (Fsp3) is 0.400. The SMILES string of the molecule is CCCCc1nnc(NC(=O)c2ccc(Cl)c(S(=O)(=O)N(C)C)c2)s1. The van der Waals surface area contributed by atoms with Crippen molar-refractivity contribution < 1.29 is 13.2 Å². The predicted octanol–water partition coefficient (Wildman–Crippen LogP) is 3.04. The quantitative estimate of drug-likeness (QED) is 0.768. The van der Waals surface area contributed by atoms with Crippen LogP contribution in [0.3, 0.4) is 0 Å². The van der Waals surface area contributed by atoms with E-state index in [1.807, 2.05) is 0 Å². The molecule has 0 saturated carbocycles. The third-order valence-electron chi connectivity index (χ3n) is 3.38. The lowest BCUT2D eigenvalue weighted by molar-refractivity contribution is 0.102. The molecule has 1 aromatic heterocycles. The molecule has 1 heterocycles. The van der Waals surface area contributed by atoms with Crippen molar-refractivity contribution in [2.24, 2.45) is 0 Å². The van der Waals surface area contributed by atoms with Crippen LogP contribution < -0.4 is 5.32 Å². The Morgan fingerprint density at radius 3 is 2.68 bits per heavy atom. The Morgan fingerprint density at radius 2 is 2.04 bits per heavy atom. The highest BCUT2D eigenvalue weighted by molar-refractivity contribution is 7.89. The lowest BCUT2D eigenvalue weighted by Crippen LogP contribution is -2.23. The average molecular weight is 403 g/mol. The molecule has 0 unspecified atom stereocenters. The number of sulfonamides is 1. The summed E-state index contributed by atoms with van der Waals surface area (Å²) in [5.74, 6) is -0.468. The van der Waals surface area contributed by atoms with Crippen molar-refractivity contribution in [3.05, 3.63) is 33.8 Å². The van der Waals surface area contributed by atoms with E-state index in [0.29, 0.717) is 5.13 Å². The van der Waals surface area contributed by atoms with E-state index in [9.17, 15) is 13.2 Å². The van der Waals surface area contributed by atoms with E-state index in [-0.39, 0.29) is 15.5 Å². The van der Waals surface area contributed by atoms with Gasteiger partial charge in [0.05, 0.1) is 5.02 Å². The maximum atomic E-state index is 12.4. The van der Waals surface area contributed by atoms with Gasteiger partial charge in [-0.3, -0.25) is 10.1 Å². The van der Waals surface area contributed by atoms with Gasteiger partial charge in [0, 0.05) is 26.1 Å². The number of benzene rings is 1. The molecule has 136 valence electrons. The van der Waals surface area contributed by atoms with Gasteiger partial charge >= 0.3 is 0 Å². The molecule has 0 fully saturated rings. The maximum absolute atomic E-state index is 12.4. The highest BCUT2D eigenvalue weighted by atomic mass is 35.5. The summed E-state index contributed by atoms with van der Waals surface area (Å²) in [6, 6.07) is 4.11. The number of halogens is 1. The standard InChI is InChI=1S/C15H19ClN4O3S2/c1-4-5-6-13-18-19-15(24-13)17-14(21)10-7-8-11(16)12(9-10)25(22,23)20(2)3/h7-9H,4-6H2,1-3H3,(H,17,19,21). The minimum atomic E-state index is -3.75. The lowest BCUT2D eigenvalue weighted by Gasteiger charge is -2.13. The molecule has 0 radical (unpaired) electrons. The first kappa shape index (κ1) is 19.8. The van der Waals surface area contributed by atoms with Crippen LogP contribution in [0, 0.1) is 0 Å². The molecular weight excluding hydrogens is 384 g/mol. The van der Waals surface area contributed by atoms with Crippen LogP contribution in [0.1, 0.15) is 35.1 Å². The number of rotatable bonds is 7. The van der Waals surface area contributed by atoms with Gasteiger partial charge in [0.1, 0.15) is 9.90 Å². The fourth-order valence-electron chi connectivity index (χ4n) is 1.94. The van der Waals surface area contributed by atoms with E-state index < -0.39 is 15.9 Å². The number of hydrogen-bond acceptors (Lipinski definition) is 6. The summed E-state index contributed by atoms with van der Waals surface area (Å²) < 4.78 is 25.6. The van der Waals surface area contributed by atoms with E-state index in [2.05, 4.69) is 22.4 Å². The number of unbranched alkanes of at least 4 members (excludes halogenated alkanes) is 1. The van der Waals surface area contributed by atoms with Crippen LogP contribution in [0.4, 0.5) is 5.13 Å². The minimum absolute atomic E-state index is 0.0583.